The van der Waals surface area contributed by atoms with Gasteiger partial charge in [-0.05, 0) is 5.56 Å². The lowest BCUT2D eigenvalue weighted by atomic mass is 10.1. The van der Waals surface area contributed by atoms with Crippen LogP contribution in [0.25, 0.3) is 0 Å². The Kier molecular flexibility index (Phi) is 4.32. The molecule has 94 valence electrons. The Labute approximate surface area is 107 Å². The average molecular weight is 243 g/mol. The van der Waals surface area contributed by atoms with E-state index in [1.165, 1.54) is 5.56 Å². The van der Waals surface area contributed by atoms with Crippen molar-refractivity contribution >= 4 is 6.41 Å². The molecule has 0 saturated carbocycles. The lowest BCUT2D eigenvalue weighted by molar-refractivity contribution is -0.119. The Morgan fingerprint density at radius 2 is 1.89 bits per heavy atom. The van der Waals surface area contributed by atoms with Gasteiger partial charge >= 0.3 is 0 Å². The van der Waals surface area contributed by atoms with E-state index < -0.39 is 0 Å². The van der Waals surface area contributed by atoms with Crippen LogP contribution in [-0.4, -0.2) is 48.4 Å². The molecule has 0 spiro atoms. The molecular formula is C14H17N3O. The highest BCUT2D eigenvalue weighted by atomic mass is 16.1. The first-order valence-corrected chi connectivity index (χ1v) is 6.20. The number of nitriles is 1. The van der Waals surface area contributed by atoms with E-state index in [1.807, 2.05) is 30.3 Å². The minimum Gasteiger partial charge on any atom is -0.343 e. The van der Waals surface area contributed by atoms with E-state index in [4.69, 9.17) is 0 Å². The number of carbonyl (C=O) groups excluding carboxylic acids is 1. The molecule has 1 fully saturated rings. The number of hydrogen-bond acceptors (Lipinski definition) is 3. The van der Waals surface area contributed by atoms with Crippen molar-refractivity contribution in [2.24, 2.45) is 0 Å². The predicted octanol–water partition coefficient (Wildman–Crippen LogP) is 0.895. The first-order valence-electron chi connectivity index (χ1n) is 6.20. The molecule has 0 aromatic heterocycles. The summed E-state index contributed by atoms with van der Waals surface area (Å²) in [7, 11) is 0. The van der Waals surface area contributed by atoms with E-state index in [-0.39, 0.29) is 6.04 Å². The highest BCUT2D eigenvalue weighted by Gasteiger charge is 2.22. The summed E-state index contributed by atoms with van der Waals surface area (Å²) in [5.41, 5.74) is 1.18. The maximum absolute atomic E-state index is 10.6. The number of carbonyl (C=O) groups is 1. The van der Waals surface area contributed by atoms with Gasteiger partial charge < -0.3 is 4.90 Å². The molecule has 1 aromatic carbocycles. The second kappa shape index (κ2) is 6.18. The Morgan fingerprint density at radius 3 is 2.44 bits per heavy atom. The molecule has 1 aliphatic heterocycles. The Bertz CT molecular complexity index is 418. The summed E-state index contributed by atoms with van der Waals surface area (Å²) in [4.78, 5) is 14.6. The third-order valence-electron chi connectivity index (χ3n) is 3.36. The normalized spacial score (nSPS) is 18.1. The molecule has 1 heterocycles. The molecule has 1 atom stereocenters. The number of benzene rings is 1. The summed E-state index contributed by atoms with van der Waals surface area (Å²) in [6.07, 6.45) is 1.63. The quantitative estimate of drug-likeness (QED) is 0.738. The number of rotatable bonds is 4. The van der Waals surface area contributed by atoms with E-state index in [0.29, 0.717) is 0 Å². The van der Waals surface area contributed by atoms with Gasteiger partial charge in [-0.2, -0.15) is 5.26 Å². The van der Waals surface area contributed by atoms with Crippen LogP contribution in [0.1, 0.15) is 5.56 Å². The molecule has 18 heavy (non-hydrogen) atoms. The second-order valence-electron chi connectivity index (χ2n) is 4.51. The summed E-state index contributed by atoms with van der Waals surface area (Å²) >= 11 is 0. The molecule has 2 rings (SSSR count). The topological polar surface area (TPSA) is 47.3 Å². The fourth-order valence-corrected chi connectivity index (χ4v) is 2.25. The van der Waals surface area contributed by atoms with Gasteiger partial charge in [0.2, 0.25) is 6.41 Å². The van der Waals surface area contributed by atoms with Crippen molar-refractivity contribution in [3.63, 3.8) is 0 Å². The van der Waals surface area contributed by atoms with Crippen LogP contribution in [0, 0.1) is 11.3 Å². The molecule has 0 N–H and O–H groups in total. The van der Waals surface area contributed by atoms with Crippen molar-refractivity contribution < 1.29 is 4.79 Å². The van der Waals surface area contributed by atoms with Crippen LogP contribution in [0.3, 0.4) is 0 Å². The number of hydrogen-bond donors (Lipinski definition) is 0. The lowest BCUT2D eigenvalue weighted by Crippen LogP contribution is -2.50. The molecule has 4 nitrogen and oxygen atoms in total. The van der Waals surface area contributed by atoms with Gasteiger partial charge in [0.25, 0.3) is 0 Å². The predicted molar refractivity (Wildman–Crippen MR) is 68.8 cm³/mol. The average Bonchev–Trinajstić information content (AvgIpc) is 2.46. The standard InChI is InChI=1S/C14H17N3O/c15-11-14(10-13-4-2-1-3-5-13)17-8-6-16(12-18)7-9-17/h1-5,12,14H,6-10H2. The minimum atomic E-state index is -0.0961. The second-order valence-corrected chi connectivity index (χ2v) is 4.51. The van der Waals surface area contributed by atoms with Crippen LogP contribution < -0.4 is 0 Å². The molecule has 1 aromatic rings. The zero-order valence-corrected chi connectivity index (χ0v) is 10.3. The molecule has 1 saturated heterocycles. The van der Waals surface area contributed by atoms with Crippen LogP contribution in [0.4, 0.5) is 0 Å². The van der Waals surface area contributed by atoms with Gasteiger partial charge in [0.05, 0.1) is 6.07 Å². The third kappa shape index (κ3) is 3.08. The van der Waals surface area contributed by atoms with Gasteiger partial charge in [0.1, 0.15) is 6.04 Å². The van der Waals surface area contributed by atoms with E-state index in [1.54, 1.807) is 4.90 Å². The fraction of sp³-hybridized carbons (Fsp3) is 0.429. The summed E-state index contributed by atoms with van der Waals surface area (Å²) in [5.74, 6) is 0. The first-order chi connectivity index (χ1) is 8.83. The molecule has 0 bridgehead atoms. The summed E-state index contributed by atoms with van der Waals surface area (Å²) in [6.45, 7) is 3.00. The number of piperazine rings is 1. The molecule has 4 heteroatoms. The molecule has 1 aliphatic rings. The molecule has 0 radical (unpaired) electrons. The summed E-state index contributed by atoms with van der Waals surface area (Å²) < 4.78 is 0. The van der Waals surface area contributed by atoms with Crippen molar-refractivity contribution in [2.45, 2.75) is 12.5 Å². The van der Waals surface area contributed by atoms with Crippen molar-refractivity contribution in [2.75, 3.05) is 26.2 Å². The molecular weight excluding hydrogens is 226 g/mol. The van der Waals surface area contributed by atoms with Crippen LogP contribution in [0.2, 0.25) is 0 Å². The molecule has 1 amide bonds. The van der Waals surface area contributed by atoms with E-state index in [9.17, 15) is 10.1 Å². The highest BCUT2D eigenvalue weighted by molar-refractivity contribution is 5.47. The van der Waals surface area contributed by atoms with Crippen LogP contribution in [0.5, 0.6) is 0 Å². The van der Waals surface area contributed by atoms with Gasteiger partial charge in [-0.1, -0.05) is 30.3 Å². The van der Waals surface area contributed by atoms with Crippen LogP contribution in [-0.2, 0) is 11.2 Å². The lowest BCUT2D eigenvalue weighted by Gasteiger charge is -2.35. The minimum absolute atomic E-state index is 0.0961. The third-order valence-corrected chi connectivity index (χ3v) is 3.36. The van der Waals surface area contributed by atoms with Gasteiger partial charge in [-0.3, -0.25) is 9.69 Å². The monoisotopic (exact) mass is 243 g/mol. The summed E-state index contributed by atoms with van der Waals surface area (Å²) in [5, 5.41) is 9.29. The Hall–Kier alpha value is -1.86. The van der Waals surface area contributed by atoms with Gasteiger partial charge in [0, 0.05) is 32.6 Å². The van der Waals surface area contributed by atoms with Crippen molar-refractivity contribution in [3.05, 3.63) is 35.9 Å². The largest absolute Gasteiger partial charge is 0.343 e. The van der Waals surface area contributed by atoms with Gasteiger partial charge in [-0.25, -0.2) is 0 Å². The maximum atomic E-state index is 10.6. The highest BCUT2D eigenvalue weighted by Crippen LogP contribution is 2.11. The van der Waals surface area contributed by atoms with Crippen LogP contribution >= 0.6 is 0 Å². The first kappa shape index (κ1) is 12.6. The molecule has 1 unspecified atom stereocenters. The Balaban J connectivity index is 1.94. The fourth-order valence-electron chi connectivity index (χ4n) is 2.25. The van der Waals surface area contributed by atoms with E-state index >= 15 is 0 Å². The van der Waals surface area contributed by atoms with Gasteiger partial charge in [0.15, 0.2) is 0 Å². The SMILES string of the molecule is N#CC(Cc1ccccc1)N1CCN(C=O)CC1. The van der Waals surface area contributed by atoms with Crippen molar-refractivity contribution in [3.8, 4) is 6.07 Å². The Morgan fingerprint density at radius 1 is 1.22 bits per heavy atom. The van der Waals surface area contributed by atoms with Crippen molar-refractivity contribution in [1.82, 2.24) is 9.80 Å². The van der Waals surface area contributed by atoms with Gasteiger partial charge in [-0.15, -0.1) is 0 Å². The smallest absolute Gasteiger partial charge is 0.209 e. The molecule has 0 aliphatic carbocycles. The zero-order chi connectivity index (χ0) is 12.8. The number of amides is 1. The maximum Gasteiger partial charge on any atom is 0.209 e. The van der Waals surface area contributed by atoms with Crippen molar-refractivity contribution in [1.29, 1.82) is 5.26 Å². The van der Waals surface area contributed by atoms with E-state index in [0.717, 1.165) is 39.0 Å². The summed E-state index contributed by atoms with van der Waals surface area (Å²) in [6, 6.07) is 12.3. The zero-order valence-electron chi connectivity index (χ0n) is 10.3. The number of nitrogens with zero attached hydrogens (tertiary/aromatic N) is 3. The van der Waals surface area contributed by atoms with Crippen LogP contribution in [0.15, 0.2) is 30.3 Å². The van der Waals surface area contributed by atoms with E-state index in [2.05, 4.69) is 11.0 Å².